The van der Waals surface area contributed by atoms with Crippen LogP contribution in [0.25, 0.3) is 0 Å². The van der Waals surface area contributed by atoms with Gasteiger partial charge in [-0.3, -0.25) is 4.79 Å². The van der Waals surface area contributed by atoms with Gasteiger partial charge in [-0.15, -0.1) is 0 Å². The molecule has 1 rings (SSSR count). The Balaban J connectivity index is 2.43. The highest BCUT2D eigenvalue weighted by molar-refractivity contribution is 5.85. The third-order valence-corrected chi connectivity index (χ3v) is 3.07. The van der Waals surface area contributed by atoms with Crippen LogP contribution in [-0.4, -0.2) is 42.8 Å². The minimum atomic E-state index is -1.03. The van der Waals surface area contributed by atoms with Gasteiger partial charge in [0.25, 0.3) is 0 Å². The number of carboxylic acid groups (broad SMARTS) is 1. The summed E-state index contributed by atoms with van der Waals surface area (Å²) in [6.45, 7) is 0.307. The number of amides is 1. The Labute approximate surface area is 101 Å². The number of nitrogens with one attached hydrogen (secondary N) is 1. The number of nitrogens with two attached hydrogens (primary N) is 1. The van der Waals surface area contributed by atoms with E-state index in [9.17, 15) is 9.59 Å². The number of hydrogen-bond donors (Lipinski definition) is 3. The fourth-order valence-electron chi connectivity index (χ4n) is 2.04. The topological polar surface area (TPSA) is 102 Å². The van der Waals surface area contributed by atoms with Crippen LogP contribution in [0.2, 0.25) is 0 Å². The molecule has 1 aliphatic carbocycles. The molecule has 1 amide bonds. The highest BCUT2D eigenvalue weighted by Crippen LogP contribution is 2.24. The number of aliphatic carboxylic acids is 1. The van der Waals surface area contributed by atoms with Crippen LogP contribution < -0.4 is 11.1 Å². The van der Waals surface area contributed by atoms with Crippen molar-refractivity contribution in [1.82, 2.24) is 5.32 Å². The lowest BCUT2D eigenvalue weighted by Gasteiger charge is -2.17. The van der Waals surface area contributed by atoms with Crippen LogP contribution in [0, 0.1) is 5.92 Å². The molecule has 0 aromatic carbocycles. The van der Waals surface area contributed by atoms with Crippen molar-refractivity contribution in [3.05, 3.63) is 0 Å². The molecule has 17 heavy (non-hydrogen) atoms. The first-order valence-corrected chi connectivity index (χ1v) is 5.82. The number of carbonyl (C=O) groups excluding carboxylic acids is 1. The van der Waals surface area contributed by atoms with Gasteiger partial charge >= 0.3 is 5.97 Å². The molecule has 3 unspecified atom stereocenters. The van der Waals surface area contributed by atoms with Gasteiger partial charge in [-0.25, -0.2) is 4.79 Å². The Morgan fingerprint density at radius 1 is 1.53 bits per heavy atom. The van der Waals surface area contributed by atoms with Crippen LogP contribution in [0.15, 0.2) is 0 Å². The summed E-state index contributed by atoms with van der Waals surface area (Å²) in [6, 6.07) is -0.813. The summed E-state index contributed by atoms with van der Waals surface area (Å²) in [7, 11) is 1.50. The number of carboxylic acids is 1. The van der Waals surface area contributed by atoms with Gasteiger partial charge < -0.3 is 20.9 Å². The van der Waals surface area contributed by atoms with E-state index >= 15 is 0 Å². The zero-order valence-corrected chi connectivity index (χ0v) is 10.0. The van der Waals surface area contributed by atoms with Crippen molar-refractivity contribution in [2.24, 2.45) is 11.7 Å². The van der Waals surface area contributed by atoms with Crippen molar-refractivity contribution in [1.29, 1.82) is 0 Å². The van der Waals surface area contributed by atoms with Gasteiger partial charge in [0.05, 0.1) is 0 Å². The molecule has 98 valence electrons. The second-order valence-electron chi connectivity index (χ2n) is 4.45. The molecular formula is C11H20N2O4. The van der Waals surface area contributed by atoms with E-state index in [-0.39, 0.29) is 24.3 Å². The van der Waals surface area contributed by atoms with E-state index in [1.807, 2.05) is 0 Å². The zero-order valence-electron chi connectivity index (χ0n) is 10.0. The van der Waals surface area contributed by atoms with E-state index in [1.165, 1.54) is 7.11 Å². The molecule has 3 atom stereocenters. The van der Waals surface area contributed by atoms with Crippen molar-refractivity contribution in [2.45, 2.75) is 37.8 Å². The van der Waals surface area contributed by atoms with Crippen LogP contribution in [0.1, 0.15) is 25.7 Å². The predicted octanol–water partition coefficient (Wildman–Crippen LogP) is -0.280. The summed E-state index contributed by atoms with van der Waals surface area (Å²) in [5.74, 6) is -1.38. The summed E-state index contributed by atoms with van der Waals surface area (Å²) < 4.78 is 4.81. The summed E-state index contributed by atoms with van der Waals surface area (Å²) in [6.07, 6.45) is 2.48. The quantitative estimate of drug-likeness (QED) is 0.596. The van der Waals surface area contributed by atoms with E-state index in [0.29, 0.717) is 13.0 Å². The van der Waals surface area contributed by atoms with Crippen LogP contribution in [0.5, 0.6) is 0 Å². The largest absolute Gasteiger partial charge is 0.480 e. The molecule has 0 bridgehead atoms. The van der Waals surface area contributed by atoms with Crippen molar-refractivity contribution in [3.63, 3.8) is 0 Å². The van der Waals surface area contributed by atoms with E-state index in [0.717, 1.165) is 12.8 Å². The fourth-order valence-corrected chi connectivity index (χ4v) is 2.04. The molecule has 0 aliphatic heterocycles. The minimum Gasteiger partial charge on any atom is -0.480 e. The smallest absolute Gasteiger partial charge is 0.326 e. The van der Waals surface area contributed by atoms with E-state index in [2.05, 4.69) is 5.32 Å². The SMILES string of the molecule is COCCC(NC(=O)C1CCC(N)C1)C(=O)O. The zero-order chi connectivity index (χ0) is 12.8. The molecular weight excluding hydrogens is 224 g/mol. The lowest BCUT2D eigenvalue weighted by molar-refractivity contribution is -0.143. The third kappa shape index (κ3) is 4.32. The first-order chi connectivity index (χ1) is 8.04. The van der Waals surface area contributed by atoms with E-state index < -0.39 is 12.0 Å². The van der Waals surface area contributed by atoms with Gasteiger partial charge in [-0.2, -0.15) is 0 Å². The van der Waals surface area contributed by atoms with E-state index in [4.69, 9.17) is 15.6 Å². The number of ether oxygens (including phenoxy) is 1. The Bertz CT molecular complexity index is 283. The summed E-state index contributed by atoms with van der Waals surface area (Å²) in [5.41, 5.74) is 5.72. The van der Waals surface area contributed by atoms with Crippen LogP contribution >= 0.6 is 0 Å². The van der Waals surface area contributed by atoms with Crippen LogP contribution in [0.3, 0.4) is 0 Å². The van der Waals surface area contributed by atoms with Gasteiger partial charge in [0.15, 0.2) is 0 Å². The van der Waals surface area contributed by atoms with Gasteiger partial charge in [0.2, 0.25) is 5.91 Å². The van der Waals surface area contributed by atoms with Gasteiger partial charge in [-0.05, 0) is 19.3 Å². The fraction of sp³-hybridized carbons (Fsp3) is 0.818. The van der Waals surface area contributed by atoms with Crippen LogP contribution in [0.4, 0.5) is 0 Å². The average Bonchev–Trinajstić information content (AvgIpc) is 2.70. The minimum absolute atomic E-state index is 0.0630. The molecule has 0 aromatic rings. The molecule has 0 saturated heterocycles. The Morgan fingerprint density at radius 3 is 2.71 bits per heavy atom. The first kappa shape index (κ1) is 13.9. The normalized spacial score (nSPS) is 25.5. The lowest BCUT2D eigenvalue weighted by atomic mass is 10.1. The van der Waals surface area contributed by atoms with Gasteiger partial charge in [0, 0.05) is 32.1 Å². The highest BCUT2D eigenvalue weighted by atomic mass is 16.5. The van der Waals surface area contributed by atoms with E-state index in [1.54, 1.807) is 0 Å². The third-order valence-electron chi connectivity index (χ3n) is 3.07. The number of rotatable bonds is 6. The Kier molecular flexibility index (Phi) is 5.37. The molecule has 6 nitrogen and oxygen atoms in total. The molecule has 1 aliphatic rings. The molecule has 0 radical (unpaired) electrons. The molecule has 0 aromatic heterocycles. The second-order valence-corrected chi connectivity index (χ2v) is 4.45. The molecule has 6 heteroatoms. The maximum atomic E-state index is 11.8. The molecule has 1 fully saturated rings. The molecule has 1 saturated carbocycles. The van der Waals surface area contributed by atoms with Crippen molar-refractivity contribution >= 4 is 11.9 Å². The maximum Gasteiger partial charge on any atom is 0.326 e. The number of carbonyl (C=O) groups is 2. The van der Waals surface area contributed by atoms with Crippen molar-refractivity contribution in [2.75, 3.05) is 13.7 Å². The lowest BCUT2D eigenvalue weighted by Crippen LogP contribution is -2.44. The van der Waals surface area contributed by atoms with Gasteiger partial charge in [0.1, 0.15) is 6.04 Å². The first-order valence-electron chi connectivity index (χ1n) is 5.82. The van der Waals surface area contributed by atoms with Gasteiger partial charge in [-0.1, -0.05) is 0 Å². The average molecular weight is 244 g/mol. The Morgan fingerprint density at radius 2 is 2.24 bits per heavy atom. The molecule has 4 N–H and O–H groups in total. The predicted molar refractivity (Wildman–Crippen MR) is 61.4 cm³/mol. The number of methoxy groups -OCH3 is 1. The standard InChI is InChI=1S/C11H20N2O4/c1-17-5-4-9(11(15)16)13-10(14)7-2-3-8(12)6-7/h7-9H,2-6,12H2,1H3,(H,13,14)(H,15,16). The summed E-state index contributed by atoms with van der Waals surface area (Å²) in [4.78, 5) is 22.7. The summed E-state index contributed by atoms with van der Waals surface area (Å²) >= 11 is 0. The van der Waals surface area contributed by atoms with Crippen LogP contribution in [-0.2, 0) is 14.3 Å². The van der Waals surface area contributed by atoms with Crippen molar-refractivity contribution < 1.29 is 19.4 Å². The maximum absolute atomic E-state index is 11.8. The molecule has 0 spiro atoms. The second kappa shape index (κ2) is 6.56. The highest BCUT2D eigenvalue weighted by Gasteiger charge is 2.30. The monoisotopic (exact) mass is 244 g/mol. The van der Waals surface area contributed by atoms with Crippen molar-refractivity contribution in [3.8, 4) is 0 Å². The number of hydrogen-bond acceptors (Lipinski definition) is 4. The summed E-state index contributed by atoms with van der Waals surface area (Å²) in [5, 5.41) is 11.5. The Hall–Kier alpha value is -1.14. The molecule has 0 heterocycles.